The fourth-order valence-corrected chi connectivity index (χ4v) is 5.42. The van der Waals surface area contributed by atoms with Gasteiger partial charge in [0, 0.05) is 0 Å². The van der Waals surface area contributed by atoms with E-state index < -0.39 is 51.6 Å². The topological polar surface area (TPSA) is 138 Å². The van der Waals surface area contributed by atoms with Crippen LogP contribution in [-0.2, 0) is 23.1 Å². The summed E-state index contributed by atoms with van der Waals surface area (Å²) in [5.74, 6) is -1.07. The number of sulfonamides is 1. The molecule has 1 unspecified atom stereocenters. The number of halogens is 4. The first kappa shape index (κ1) is 27.1. The fraction of sp³-hybridized carbons (Fsp3) is 0.450. The van der Waals surface area contributed by atoms with E-state index in [2.05, 4.69) is 15.1 Å². The summed E-state index contributed by atoms with van der Waals surface area (Å²) in [4.78, 5) is 7.67. The second-order valence-electron chi connectivity index (χ2n) is 8.22. The number of aromatic nitrogens is 3. The van der Waals surface area contributed by atoms with Crippen molar-refractivity contribution in [1.82, 2.24) is 19.8 Å². The maximum Gasteiger partial charge on any atom is 0.404 e. The number of benzene rings is 1. The Morgan fingerprint density at radius 1 is 1.23 bits per heavy atom. The Hall–Kier alpha value is -2.46. The van der Waals surface area contributed by atoms with E-state index in [1.807, 2.05) is 0 Å². The first-order valence-corrected chi connectivity index (χ1v) is 12.5. The second-order valence-corrected chi connectivity index (χ2v) is 10.9. The molecule has 3 N–H and O–H groups in total. The van der Waals surface area contributed by atoms with Crippen LogP contribution in [0.1, 0.15) is 38.8 Å². The van der Waals surface area contributed by atoms with Crippen molar-refractivity contribution in [2.75, 3.05) is 0 Å². The summed E-state index contributed by atoms with van der Waals surface area (Å²) in [6, 6.07) is 0.494. The van der Waals surface area contributed by atoms with E-state index in [1.165, 1.54) is 10.8 Å². The number of alkyl halides is 3. The molecule has 35 heavy (non-hydrogen) atoms. The number of aliphatic hydroxyl groups is 2. The summed E-state index contributed by atoms with van der Waals surface area (Å²) in [5.41, 5.74) is -0.841. The molecule has 15 heteroatoms. The molecule has 0 aliphatic rings. The molecule has 0 aliphatic carbocycles. The Bertz CT molecular complexity index is 1300. The highest BCUT2D eigenvalue weighted by atomic mass is 32.2. The molecule has 3 rings (SSSR count). The molecule has 3 aromatic rings. The van der Waals surface area contributed by atoms with Gasteiger partial charge in [-0.3, -0.25) is 0 Å². The van der Waals surface area contributed by atoms with Crippen LogP contribution in [0, 0.1) is 5.82 Å². The molecule has 0 spiro atoms. The molecule has 0 fully saturated rings. The van der Waals surface area contributed by atoms with Crippen LogP contribution in [0.5, 0.6) is 0 Å². The van der Waals surface area contributed by atoms with Gasteiger partial charge < -0.3 is 14.7 Å². The SMILES string of the molecule is CCC(NS(=O)(=O)c1ccc(-c2sc(-c3noc(CC(C)(C)O)n3)nc2CO)cc1F)C(F)(F)F. The van der Waals surface area contributed by atoms with Gasteiger partial charge in [0.25, 0.3) is 0 Å². The quantitative estimate of drug-likeness (QED) is 0.352. The van der Waals surface area contributed by atoms with Gasteiger partial charge in [0.1, 0.15) is 16.8 Å². The maximum absolute atomic E-state index is 14.8. The van der Waals surface area contributed by atoms with Gasteiger partial charge in [0.15, 0.2) is 5.01 Å². The van der Waals surface area contributed by atoms with Crippen molar-refractivity contribution in [2.24, 2.45) is 0 Å². The van der Waals surface area contributed by atoms with E-state index in [0.717, 1.165) is 30.4 Å². The predicted molar refractivity (Wildman–Crippen MR) is 117 cm³/mol. The van der Waals surface area contributed by atoms with Gasteiger partial charge in [-0.05, 0) is 38.0 Å². The molecular weight excluding hydrogens is 516 g/mol. The number of rotatable bonds is 9. The Kier molecular flexibility index (Phi) is 7.67. The van der Waals surface area contributed by atoms with E-state index in [9.17, 15) is 36.2 Å². The van der Waals surface area contributed by atoms with Gasteiger partial charge in [-0.25, -0.2) is 17.8 Å². The smallest absolute Gasteiger partial charge is 0.390 e. The summed E-state index contributed by atoms with van der Waals surface area (Å²) in [6.07, 6.45) is -5.33. The van der Waals surface area contributed by atoms with Crippen molar-refractivity contribution in [1.29, 1.82) is 0 Å². The molecule has 0 bridgehead atoms. The highest BCUT2D eigenvalue weighted by molar-refractivity contribution is 7.89. The second kappa shape index (κ2) is 9.89. The lowest BCUT2D eigenvalue weighted by Crippen LogP contribution is -2.44. The average Bonchev–Trinajstić information content (AvgIpc) is 3.36. The minimum atomic E-state index is -4.84. The molecule has 0 saturated heterocycles. The molecular formula is C20H22F4N4O5S2. The lowest BCUT2D eigenvalue weighted by molar-refractivity contribution is -0.151. The van der Waals surface area contributed by atoms with E-state index >= 15 is 0 Å². The van der Waals surface area contributed by atoms with Crippen molar-refractivity contribution >= 4 is 21.4 Å². The molecule has 192 valence electrons. The predicted octanol–water partition coefficient (Wildman–Crippen LogP) is 3.42. The molecule has 2 aromatic heterocycles. The average molecular weight is 539 g/mol. The third-order valence-corrected chi connectivity index (χ3v) is 7.32. The van der Waals surface area contributed by atoms with Crippen LogP contribution < -0.4 is 4.72 Å². The van der Waals surface area contributed by atoms with Gasteiger partial charge >= 0.3 is 6.18 Å². The fourth-order valence-electron chi connectivity index (χ4n) is 3.06. The van der Waals surface area contributed by atoms with Crippen LogP contribution >= 0.6 is 11.3 Å². The third kappa shape index (κ3) is 6.41. The first-order valence-electron chi connectivity index (χ1n) is 10.2. The molecule has 0 aliphatic heterocycles. The molecule has 0 amide bonds. The molecule has 1 atom stereocenters. The third-order valence-electron chi connectivity index (χ3n) is 4.67. The number of thiazole rings is 1. The maximum atomic E-state index is 14.8. The van der Waals surface area contributed by atoms with Crippen molar-refractivity contribution in [3.8, 4) is 21.3 Å². The van der Waals surface area contributed by atoms with Crippen LogP contribution in [0.2, 0.25) is 0 Å². The summed E-state index contributed by atoms with van der Waals surface area (Å²) >= 11 is 0.962. The normalized spacial score (nSPS) is 13.9. The monoisotopic (exact) mass is 538 g/mol. The minimum Gasteiger partial charge on any atom is -0.390 e. The van der Waals surface area contributed by atoms with Crippen molar-refractivity contribution in [3.05, 3.63) is 35.6 Å². The number of hydrogen-bond donors (Lipinski definition) is 3. The van der Waals surface area contributed by atoms with E-state index in [0.29, 0.717) is 0 Å². The van der Waals surface area contributed by atoms with E-state index in [1.54, 1.807) is 13.8 Å². The van der Waals surface area contributed by atoms with Crippen LogP contribution in [0.3, 0.4) is 0 Å². The minimum absolute atomic E-state index is 0.0665. The Labute approximate surface area is 201 Å². The van der Waals surface area contributed by atoms with Gasteiger partial charge in [-0.1, -0.05) is 18.1 Å². The molecule has 2 heterocycles. The molecule has 9 nitrogen and oxygen atoms in total. The zero-order valence-corrected chi connectivity index (χ0v) is 20.4. The lowest BCUT2D eigenvalue weighted by atomic mass is 10.1. The standard InChI is InChI=1S/C20H22F4N4O5S2/c1-4-14(20(22,23)24)28-35(31,32)13-6-5-10(7-11(13)21)16-12(9-29)25-18(34-16)17-26-15(33-27-17)8-19(2,3)30/h5-7,14,28-30H,4,8-9H2,1-3H3. The van der Waals surface area contributed by atoms with Gasteiger partial charge in [-0.15, -0.1) is 11.3 Å². The summed E-state index contributed by atoms with van der Waals surface area (Å²) in [7, 11) is -4.81. The van der Waals surface area contributed by atoms with E-state index in [-0.39, 0.29) is 39.3 Å². The zero-order chi connectivity index (χ0) is 26.2. The Balaban J connectivity index is 1.93. The van der Waals surface area contributed by atoms with Gasteiger partial charge in [0.2, 0.25) is 21.7 Å². The summed E-state index contributed by atoms with van der Waals surface area (Å²) in [6.45, 7) is 3.71. The summed E-state index contributed by atoms with van der Waals surface area (Å²) in [5, 5.41) is 23.6. The molecule has 0 radical (unpaired) electrons. The molecule has 1 aromatic carbocycles. The summed E-state index contributed by atoms with van der Waals surface area (Å²) < 4.78 is 85.0. The first-order chi connectivity index (χ1) is 16.1. The van der Waals surface area contributed by atoms with Crippen molar-refractivity contribution in [3.63, 3.8) is 0 Å². The van der Waals surface area contributed by atoms with Crippen molar-refractivity contribution < 1.29 is 40.7 Å². The Morgan fingerprint density at radius 3 is 2.46 bits per heavy atom. The van der Waals surface area contributed by atoms with Gasteiger partial charge in [-0.2, -0.15) is 22.9 Å². The van der Waals surface area contributed by atoms with Crippen LogP contribution in [-0.4, -0.2) is 51.6 Å². The lowest BCUT2D eigenvalue weighted by Gasteiger charge is -2.20. The highest BCUT2D eigenvalue weighted by Gasteiger charge is 2.41. The molecule has 0 saturated carbocycles. The van der Waals surface area contributed by atoms with Crippen molar-refractivity contribution in [2.45, 2.75) is 62.9 Å². The largest absolute Gasteiger partial charge is 0.404 e. The van der Waals surface area contributed by atoms with Crippen LogP contribution in [0.4, 0.5) is 17.6 Å². The number of aliphatic hydroxyl groups excluding tert-OH is 1. The zero-order valence-electron chi connectivity index (χ0n) is 18.7. The van der Waals surface area contributed by atoms with Crippen LogP contribution in [0.15, 0.2) is 27.6 Å². The van der Waals surface area contributed by atoms with Gasteiger partial charge in [0.05, 0.1) is 29.2 Å². The highest BCUT2D eigenvalue weighted by Crippen LogP contribution is 2.36. The van der Waals surface area contributed by atoms with Crippen LogP contribution in [0.25, 0.3) is 21.3 Å². The van der Waals surface area contributed by atoms with E-state index in [4.69, 9.17) is 4.52 Å². The number of nitrogens with zero attached hydrogens (tertiary/aromatic N) is 3. The Morgan fingerprint density at radius 2 is 1.91 bits per heavy atom. The number of hydrogen-bond acceptors (Lipinski definition) is 9. The number of nitrogens with one attached hydrogen (secondary N) is 1.